The van der Waals surface area contributed by atoms with Crippen LogP contribution in [-0.4, -0.2) is 15.8 Å². The monoisotopic (exact) mass is 464 g/mol. The third-order valence-electron chi connectivity index (χ3n) is 11.6. The van der Waals surface area contributed by atoms with Crippen molar-refractivity contribution in [3.63, 3.8) is 0 Å². The van der Waals surface area contributed by atoms with Crippen LogP contribution in [0.3, 0.4) is 0 Å². The van der Waals surface area contributed by atoms with E-state index in [0.717, 1.165) is 61.3 Å². The van der Waals surface area contributed by atoms with E-state index in [2.05, 4.69) is 39.0 Å². The lowest BCUT2D eigenvalue weighted by molar-refractivity contribution is -0.0715. The molecule has 5 rings (SSSR count). The molecule has 4 aliphatic carbocycles. The Morgan fingerprint density at radius 2 is 1.74 bits per heavy atom. The zero-order chi connectivity index (χ0) is 24.4. The van der Waals surface area contributed by atoms with Crippen molar-refractivity contribution in [3.8, 4) is 0 Å². The highest BCUT2D eigenvalue weighted by Gasteiger charge is 2.59. The quantitative estimate of drug-likeness (QED) is 0.440. The molecule has 2 nitrogen and oxygen atoms in total. The van der Waals surface area contributed by atoms with Crippen molar-refractivity contribution in [3.05, 3.63) is 47.5 Å². The molecule has 0 saturated heterocycles. The van der Waals surface area contributed by atoms with Gasteiger partial charge in [-0.2, -0.15) is 0 Å². The van der Waals surface area contributed by atoms with E-state index in [9.17, 15) is 10.2 Å². The van der Waals surface area contributed by atoms with E-state index in [1.54, 1.807) is 5.57 Å². The minimum Gasteiger partial charge on any atom is -0.390 e. The van der Waals surface area contributed by atoms with Gasteiger partial charge in [-0.1, -0.05) is 62.8 Å². The van der Waals surface area contributed by atoms with E-state index < -0.39 is 11.2 Å². The fraction of sp³-hybridized carbons (Fsp3) is 0.750. The number of rotatable bonds is 5. The molecule has 1 aromatic rings. The molecule has 188 valence electrons. The summed E-state index contributed by atoms with van der Waals surface area (Å²) in [5.74, 6) is 3.88. The van der Waals surface area contributed by atoms with Gasteiger partial charge in [0.15, 0.2) is 0 Å². The molecule has 4 aliphatic rings. The van der Waals surface area contributed by atoms with Crippen LogP contribution < -0.4 is 0 Å². The van der Waals surface area contributed by atoms with Gasteiger partial charge >= 0.3 is 0 Å². The first-order valence-corrected chi connectivity index (χ1v) is 14.2. The maximum atomic E-state index is 11.2. The van der Waals surface area contributed by atoms with Gasteiger partial charge in [-0.15, -0.1) is 0 Å². The predicted octanol–water partition coefficient (Wildman–Crippen LogP) is 7.64. The zero-order valence-corrected chi connectivity index (χ0v) is 22.3. The van der Waals surface area contributed by atoms with E-state index >= 15 is 0 Å². The average molecular weight is 465 g/mol. The normalized spacial score (nSPS) is 44.3. The molecule has 0 aromatic heterocycles. The predicted molar refractivity (Wildman–Crippen MR) is 140 cm³/mol. The Morgan fingerprint density at radius 1 is 1.00 bits per heavy atom. The molecule has 2 heteroatoms. The standard InChI is InChI=1S/C32H48O2/c1-22(15-18-32(5,34)23-9-7-6-8-10-23)26-13-14-27-25-12-11-24-21-29(2,33)19-20-30(24,3)28(25)16-17-31(26,27)4/h6-11,22,25-28,33-34H,12-21H2,1-5H3/t22-,25+,26-,27+,28?,29+,30+,31-,32?/m1/s1. The van der Waals surface area contributed by atoms with E-state index in [4.69, 9.17) is 0 Å². The van der Waals surface area contributed by atoms with Crippen LogP contribution in [0.25, 0.3) is 0 Å². The number of hydrogen-bond donors (Lipinski definition) is 2. The van der Waals surface area contributed by atoms with Crippen molar-refractivity contribution in [2.45, 2.75) is 110 Å². The van der Waals surface area contributed by atoms with E-state index in [0.29, 0.717) is 16.7 Å². The minimum absolute atomic E-state index is 0.310. The Kier molecular flexibility index (Phi) is 6.13. The van der Waals surface area contributed by atoms with Gasteiger partial charge in [0.1, 0.15) is 0 Å². The number of allylic oxidation sites excluding steroid dienone is 1. The first-order chi connectivity index (χ1) is 16.0. The Hall–Kier alpha value is -1.12. The molecular weight excluding hydrogens is 416 g/mol. The minimum atomic E-state index is -0.743. The molecule has 3 saturated carbocycles. The van der Waals surface area contributed by atoms with Crippen LogP contribution in [-0.2, 0) is 5.60 Å². The molecule has 9 atom stereocenters. The largest absolute Gasteiger partial charge is 0.390 e. The zero-order valence-electron chi connectivity index (χ0n) is 22.3. The lowest BCUT2D eigenvalue weighted by Gasteiger charge is -2.59. The molecule has 0 amide bonds. The summed E-state index contributed by atoms with van der Waals surface area (Å²) in [6, 6.07) is 10.2. The van der Waals surface area contributed by atoms with Crippen molar-refractivity contribution < 1.29 is 10.2 Å². The molecule has 0 heterocycles. The molecular formula is C32H48O2. The fourth-order valence-corrected chi connectivity index (χ4v) is 9.43. The van der Waals surface area contributed by atoms with Gasteiger partial charge in [-0.25, -0.2) is 0 Å². The van der Waals surface area contributed by atoms with Crippen LogP contribution in [0.1, 0.15) is 104 Å². The van der Waals surface area contributed by atoms with Crippen molar-refractivity contribution in [1.29, 1.82) is 0 Å². The maximum Gasteiger partial charge on any atom is 0.0868 e. The van der Waals surface area contributed by atoms with E-state index in [-0.39, 0.29) is 0 Å². The fourth-order valence-electron chi connectivity index (χ4n) is 9.43. The van der Waals surface area contributed by atoms with Crippen LogP contribution in [0.5, 0.6) is 0 Å². The number of benzene rings is 1. The number of aliphatic hydroxyl groups is 2. The maximum absolute atomic E-state index is 11.2. The summed E-state index contributed by atoms with van der Waals surface area (Å²) in [7, 11) is 0. The summed E-state index contributed by atoms with van der Waals surface area (Å²) in [6.45, 7) is 11.7. The Balaban J connectivity index is 1.29. The van der Waals surface area contributed by atoms with Gasteiger partial charge in [0.25, 0.3) is 0 Å². The highest BCUT2D eigenvalue weighted by atomic mass is 16.3. The highest BCUT2D eigenvalue weighted by Crippen LogP contribution is 2.67. The summed E-state index contributed by atoms with van der Waals surface area (Å²) in [5.41, 5.74) is 2.12. The summed E-state index contributed by atoms with van der Waals surface area (Å²) < 4.78 is 0. The van der Waals surface area contributed by atoms with Gasteiger partial charge in [0.05, 0.1) is 11.2 Å². The molecule has 0 aliphatic heterocycles. The van der Waals surface area contributed by atoms with E-state index in [1.807, 2.05) is 32.0 Å². The molecule has 3 fully saturated rings. The van der Waals surface area contributed by atoms with Crippen LogP contribution in [0.15, 0.2) is 42.0 Å². The Bertz CT molecular complexity index is 914. The van der Waals surface area contributed by atoms with Crippen LogP contribution >= 0.6 is 0 Å². The van der Waals surface area contributed by atoms with Gasteiger partial charge in [-0.05, 0) is 124 Å². The van der Waals surface area contributed by atoms with Gasteiger partial charge in [-0.3, -0.25) is 0 Å². The first kappa shape index (κ1) is 24.6. The second kappa shape index (κ2) is 8.48. The lowest BCUT2D eigenvalue weighted by atomic mass is 9.46. The van der Waals surface area contributed by atoms with Crippen LogP contribution in [0.2, 0.25) is 0 Å². The third-order valence-corrected chi connectivity index (χ3v) is 11.6. The number of fused-ring (bicyclic) bond motifs is 5. The van der Waals surface area contributed by atoms with Gasteiger partial charge in [0.2, 0.25) is 0 Å². The number of hydrogen-bond acceptors (Lipinski definition) is 2. The van der Waals surface area contributed by atoms with Crippen molar-refractivity contribution >= 4 is 0 Å². The topological polar surface area (TPSA) is 40.5 Å². The molecule has 2 N–H and O–H groups in total. The molecule has 2 unspecified atom stereocenters. The molecule has 0 radical (unpaired) electrons. The van der Waals surface area contributed by atoms with Crippen LogP contribution in [0, 0.1) is 40.4 Å². The Labute approximate surface area is 208 Å². The second-order valence-electron chi connectivity index (χ2n) is 13.8. The summed E-state index contributed by atoms with van der Waals surface area (Å²) >= 11 is 0. The molecule has 0 bridgehead atoms. The Morgan fingerprint density at radius 3 is 2.47 bits per heavy atom. The second-order valence-corrected chi connectivity index (χ2v) is 13.8. The summed E-state index contributed by atoms with van der Waals surface area (Å²) in [4.78, 5) is 0. The van der Waals surface area contributed by atoms with Gasteiger partial charge in [0, 0.05) is 0 Å². The molecule has 1 aromatic carbocycles. The smallest absolute Gasteiger partial charge is 0.0868 e. The molecule has 0 spiro atoms. The first-order valence-electron chi connectivity index (χ1n) is 14.2. The van der Waals surface area contributed by atoms with Crippen LogP contribution in [0.4, 0.5) is 0 Å². The SMILES string of the molecule is C[C@H](CCC(C)(O)c1ccccc1)[C@H]1CC[C@H]2[C@@H]3CC=C4C[C@@](C)(O)CC[C@]4(C)C3CC[C@]12C. The summed E-state index contributed by atoms with van der Waals surface area (Å²) in [5, 5.41) is 21.9. The van der Waals surface area contributed by atoms with Crippen molar-refractivity contribution in [1.82, 2.24) is 0 Å². The van der Waals surface area contributed by atoms with E-state index in [1.165, 1.54) is 32.1 Å². The average Bonchev–Trinajstić information content (AvgIpc) is 3.16. The highest BCUT2D eigenvalue weighted by molar-refractivity contribution is 5.27. The summed E-state index contributed by atoms with van der Waals surface area (Å²) in [6.07, 6.45) is 14.2. The van der Waals surface area contributed by atoms with Gasteiger partial charge < -0.3 is 10.2 Å². The lowest BCUT2D eigenvalue weighted by Crippen LogP contribution is -2.52. The third kappa shape index (κ3) is 4.01. The van der Waals surface area contributed by atoms with Crippen molar-refractivity contribution in [2.24, 2.45) is 40.4 Å². The van der Waals surface area contributed by atoms with Crippen molar-refractivity contribution in [2.75, 3.05) is 0 Å². The molecule has 34 heavy (non-hydrogen) atoms.